The molecular formula is C18H25NO2. The van der Waals surface area contributed by atoms with Crippen LogP contribution in [0.3, 0.4) is 0 Å². The van der Waals surface area contributed by atoms with Crippen LogP contribution in [-0.4, -0.2) is 19.1 Å². The van der Waals surface area contributed by atoms with E-state index in [9.17, 15) is 4.79 Å². The summed E-state index contributed by atoms with van der Waals surface area (Å²) in [6, 6.07) is 8.15. The number of rotatable bonds is 6. The number of esters is 1. The standard InChI is InChI=1S/C18H25NO2/c1-2-21-18(20)13-10-15-8-11-17(12-9-15)19-14-16-6-4-3-5-7-16/h8-13,16,19H,2-7,14H2,1H3/b13-10+. The first-order valence-electron chi connectivity index (χ1n) is 7.96. The monoisotopic (exact) mass is 287 g/mol. The van der Waals surface area contributed by atoms with Crippen LogP contribution in [0.5, 0.6) is 0 Å². The van der Waals surface area contributed by atoms with E-state index in [0.29, 0.717) is 6.61 Å². The quantitative estimate of drug-likeness (QED) is 0.627. The molecule has 0 aromatic heterocycles. The molecule has 2 rings (SSSR count). The number of ether oxygens (including phenoxy) is 1. The molecule has 0 radical (unpaired) electrons. The minimum atomic E-state index is -0.294. The Kier molecular flexibility index (Phi) is 6.32. The Morgan fingerprint density at radius 2 is 1.95 bits per heavy atom. The second-order valence-electron chi connectivity index (χ2n) is 5.59. The molecular weight excluding hydrogens is 262 g/mol. The van der Waals surface area contributed by atoms with Gasteiger partial charge in [0.2, 0.25) is 0 Å². The summed E-state index contributed by atoms with van der Waals surface area (Å²) in [5.41, 5.74) is 2.15. The van der Waals surface area contributed by atoms with E-state index in [4.69, 9.17) is 4.74 Å². The van der Waals surface area contributed by atoms with Crippen LogP contribution in [0, 0.1) is 5.92 Å². The third kappa shape index (κ3) is 5.62. The highest BCUT2D eigenvalue weighted by atomic mass is 16.5. The summed E-state index contributed by atoms with van der Waals surface area (Å²) < 4.78 is 4.85. The third-order valence-corrected chi connectivity index (χ3v) is 3.93. The summed E-state index contributed by atoms with van der Waals surface area (Å²) in [5.74, 6) is 0.527. The van der Waals surface area contributed by atoms with Gasteiger partial charge in [0.25, 0.3) is 0 Å². The van der Waals surface area contributed by atoms with Gasteiger partial charge in [-0.1, -0.05) is 31.4 Å². The van der Waals surface area contributed by atoms with E-state index in [0.717, 1.165) is 23.7 Å². The topological polar surface area (TPSA) is 38.3 Å². The highest BCUT2D eigenvalue weighted by Crippen LogP contribution is 2.24. The highest BCUT2D eigenvalue weighted by Gasteiger charge is 2.12. The number of hydrogen-bond acceptors (Lipinski definition) is 3. The van der Waals surface area contributed by atoms with Crippen LogP contribution in [0.25, 0.3) is 6.08 Å². The van der Waals surface area contributed by atoms with E-state index in [1.165, 1.54) is 38.2 Å². The fourth-order valence-electron chi connectivity index (χ4n) is 2.72. The van der Waals surface area contributed by atoms with Crippen LogP contribution in [0.2, 0.25) is 0 Å². The van der Waals surface area contributed by atoms with Gasteiger partial charge in [0.1, 0.15) is 0 Å². The average Bonchev–Trinajstić information content (AvgIpc) is 2.53. The summed E-state index contributed by atoms with van der Waals surface area (Å²) >= 11 is 0. The summed E-state index contributed by atoms with van der Waals surface area (Å²) in [5, 5.41) is 3.51. The van der Waals surface area contributed by atoms with Crippen molar-refractivity contribution in [2.45, 2.75) is 39.0 Å². The van der Waals surface area contributed by atoms with E-state index in [-0.39, 0.29) is 5.97 Å². The molecule has 0 heterocycles. The molecule has 1 saturated carbocycles. The Bertz CT molecular complexity index is 459. The second-order valence-corrected chi connectivity index (χ2v) is 5.59. The van der Waals surface area contributed by atoms with Crippen molar-refractivity contribution in [1.29, 1.82) is 0 Å². The number of carbonyl (C=O) groups is 1. The molecule has 3 heteroatoms. The predicted molar refractivity (Wildman–Crippen MR) is 87.2 cm³/mol. The van der Waals surface area contributed by atoms with Crippen LogP contribution >= 0.6 is 0 Å². The van der Waals surface area contributed by atoms with E-state index in [2.05, 4.69) is 17.4 Å². The molecule has 1 aromatic rings. The van der Waals surface area contributed by atoms with Gasteiger partial charge in [-0.2, -0.15) is 0 Å². The van der Waals surface area contributed by atoms with Gasteiger partial charge in [0, 0.05) is 18.3 Å². The van der Waals surface area contributed by atoms with Gasteiger partial charge < -0.3 is 10.1 Å². The van der Waals surface area contributed by atoms with Gasteiger partial charge in [0.05, 0.1) is 6.61 Å². The Hall–Kier alpha value is -1.77. The molecule has 1 aliphatic rings. The smallest absolute Gasteiger partial charge is 0.330 e. The molecule has 0 unspecified atom stereocenters. The Balaban J connectivity index is 1.79. The average molecular weight is 287 g/mol. The van der Waals surface area contributed by atoms with Crippen molar-refractivity contribution in [1.82, 2.24) is 0 Å². The number of hydrogen-bond donors (Lipinski definition) is 1. The zero-order chi connectivity index (χ0) is 14.9. The summed E-state index contributed by atoms with van der Waals surface area (Å²) in [6.45, 7) is 3.28. The summed E-state index contributed by atoms with van der Waals surface area (Å²) in [7, 11) is 0. The molecule has 1 aliphatic carbocycles. The van der Waals surface area contributed by atoms with E-state index < -0.39 is 0 Å². The number of nitrogens with one attached hydrogen (secondary N) is 1. The minimum Gasteiger partial charge on any atom is -0.463 e. The van der Waals surface area contributed by atoms with Crippen molar-refractivity contribution in [3.05, 3.63) is 35.9 Å². The van der Waals surface area contributed by atoms with Gasteiger partial charge in [-0.25, -0.2) is 4.79 Å². The Labute approximate surface area is 127 Å². The molecule has 0 atom stereocenters. The zero-order valence-corrected chi connectivity index (χ0v) is 12.8. The number of carbonyl (C=O) groups excluding carboxylic acids is 1. The molecule has 114 valence electrons. The van der Waals surface area contributed by atoms with Crippen LogP contribution in [0.4, 0.5) is 5.69 Å². The lowest BCUT2D eigenvalue weighted by molar-refractivity contribution is -0.137. The fraction of sp³-hybridized carbons (Fsp3) is 0.500. The molecule has 0 bridgehead atoms. The first kappa shape index (κ1) is 15.6. The van der Waals surface area contributed by atoms with E-state index in [1.54, 1.807) is 13.0 Å². The first-order valence-corrected chi connectivity index (χ1v) is 7.96. The molecule has 0 amide bonds. The number of benzene rings is 1. The normalized spacial score (nSPS) is 16.0. The minimum absolute atomic E-state index is 0.294. The Morgan fingerprint density at radius 3 is 2.62 bits per heavy atom. The maximum atomic E-state index is 11.2. The van der Waals surface area contributed by atoms with E-state index >= 15 is 0 Å². The number of anilines is 1. The Morgan fingerprint density at radius 1 is 1.24 bits per heavy atom. The summed E-state index contributed by atoms with van der Waals surface area (Å²) in [4.78, 5) is 11.2. The fourth-order valence-corrected chi connectivity index (χ4v) is 2.72. The van der Waals surface area contributed by atoms with Crippen LogP contribution < -0.4 is 5.32 Å². The van der Waals surface area contributed by atoms with Gasteiger partial charge in [0.15, 0.2) is 0 Å². The van der Waals surface area contributed by atoms with Gasteiger partial charge >= 0.3 is 5.97 Å². The maximum absolute atomic E-state index is 11.2. The lowest BCUT2D eigenvalue weighted by Crippen LogP contribution is -2.16. The summed E-state index contributed by atoms with van der Waals surface area (Å²) in [6.07, 6.45) is 10.1. The molecule has 0 saturated heterocycles. The zero-order valence-electron chi connectivity index (χ0n) is 12.8. The van der Waals surface area contributed by atoms with Crippen molar-refractivity contribution in [3.8, 4) is 0 Å². The SMILES string of the molecule is CCOC(=O)/C=C/c1ccc(NCC2CCCCC2)cc1. The largest absolute Gasteiger partial charge is 0.463 e. The first-order chi connectivity index (χ1) is 10.3. The van der Waals surface area contributed by atoms with Gasteiger partial charge in [-0.15, -0.1) is 0 Å². The van der Waals surface area contributed by atoms with Gasteiger partial charge in [-0.3, -0.25) is 0 Å². The van der Waals surface area contributed by atoms with Crippen LogP contribution in [0.1, 0.15) is 44.6 Å². The molecule has 1 aromatic carbocycles. The molecule has 21 heavy (non-hydrogen) atoms. The molecule has 1 fully saturated rings. The van der Waals surface area contributed by atoms with Gasteiger partial charge in [-0.05, 0) is 49.5 Å². The molecule has 0 spiro atoms. The molecule has 1 N–H and O–H groups in total. The maximum Gasteiger partial charge on any atom is 0.330 e. The van der Waals surface area contributed by atoms with Crippen molar-refractivity contribution >= 4 is 17.7 Å². The van der Waals surface area contributed by atoms with Crippen molar-refractivity contribution in [3.63, 3.8) is 0 Å². The molecule has 0 aliphatic heterocycles. The van der Waals surface area contributed by atoms with Crippen molar-refractivity contribution < 1.29 is 9.53 Å². The molecule has 3 nitrogen and oxygen atoms in total. The van der Waals surface area contributed by atoms with E-state index in [1.807, 2.05) is 12.1 Å². The van der Waals surface area contributed by atoms with Crippen molar-refractivity contribution in [2.75, 3.05) is 18.5 Å². The predicted octanol–water partition coefficient (Wildman–Crippen LogP) is 4.26. The van der Waals surface area contributed by atoms with Crippen LogP contribution in [0.15, 0.2) is 30.3 Å². The lowest BCUT2D eigenvalue weighted by atomic mass is 9.89. The van der Waals surface area contributed by atoms with Crippen LogP contribution in [-0.2, 0) is 9.53 Å². The second kappa shape index (κ2) is 8.50. The highest BCUT2D eigenvalue weighted by molar-refractivity contribution is 5.87. The van der Waals surface area contributed by atoms with Crippen molar-refractivity contribution in [2.24, 2.45) is 5.92 Å². The lowest BCUT2D eigenvalue weighted by Gasteiger charge is -2.22. The third-order valence-electron chi connectivity index (χ3n) is 3.93.